The van der Waals surface area contributed by atoms with Crippen molar-refractivity contribution in [3.63, 3.8) is 0 Å². The molecule has 0 bridgehead atoms. The summed E-state index contributed by atoms with van der Waals surface area (Å²) in [6.45, 7) is 0.0918. The van der Waals surface area contributed by atoms with Crippen molar-refractivity contribution in [3.05, 3.63) is 92.1 Å². The summed E-state index contributed by atoms with van der Waals surface area (Å²) in [5, 5.41) is 16.3. The van der Waals surface area contributed by atoms with E-state index in [0.717, 1.165) is 0 Å². The first-order valence-corrected chi connectivity index (χ1v) is 11.0. The highest BCUT2D eigenvalue weighted by Crippen LogP contribution is 2.33. The molecule has 4 rings (SSSR count). The van der Waals surface area contributed by atoms with Crippen LogP contribution in [0, 0.1) is 10.1 Å². The lowest BCUT2D eigenvalue weighted by atomic mass is 10.1. The van der Waals surface area contributed by atoms with Gasteiger partial charge in [-0.25, -0.2) is 0 Å². The Balaban J connectivity index is 1.67. The van der Waals surface area contributed by atoms with Crippen LogP contribution in [-0.2, 0) is 4.79 Å². The summed E-state index contributed by atoms with van der Waals surface area (Å²) in [5.41, 5.74) is 0.811. The summed E-state index contributed by atoms with van der Waals surface area (Å²) in [6, 6.07) is 15.6. The van der Waals surface area contributed by atoms with E-state index in [1.807, 2.05) is 0 Å². The number of anilines is 1. The lowest BCUT2D eigenvalue weighted by molar-refractivity contribution is -0.384. The zero-order valence-electron chi connectivity index (χ0n) is 18.2. The van der Waals surface area contributed by atoms with Gasteiger partial charge >= 0.3 is 0 Å². The third-order valence-corrected chi connectivity index (χ3v) is 5.65. The molecule has 0 spiro atoms. The van der Waals surface area contributed by atoms with Crippen molar-refractivity contribution in [1.82, 2.24) is 5.32 Å². The first kappa shape index (κ1) is 23.8. The van der Waals surface area contributed by atoms with Crippen molar-refractivity contribution in [2.24, 2.45) is 0 Å². The van der Waals surface area contributed by atoms with Gasteiger partial charge in [-0.2, -0.15) is 0 Å². The molecule has 1 aliphatic heterocycles. The van der Waals surface area contributed by atoms with E-state index in [9.17, 15) is 19.7 Å². The molecule has 2 amide bonds. The van der Waals surface area contributed by atoms with Gasteiger partial charge in [0, 0.05) is 10.5 Å². The standard InChI is InChI=1S/C24H18BrN3O7/c1-33-21-12-15(28(31)32)7-8-18(21)26-24(30)19(27-23(29)16-4-2-3-5-17(16)25)10-14-6-9-20-22(11-14)35-13-34-20/h2-12H,13H2,1H3,(H,26,30)(H,27,29)/b19-10+. The average Bonchev–Trinajstić information content (AvgIpc) is 3.32. The Morgan fingerprint density at radius 1 is 1.09 bits per heavy atom. The zero-order valence-corrected chi connectivity index (χ0v) is 19.8. The molecule has 0 fully saturated rings. The molecular weight excluding hydrogens is 522 g/mol. The topological polar surface area (TPSA) is 129 Å². The fourth-order valence-electron chi connectivity index (χ4n) is 3.25. The second-order valence-corrected chi connectivity index (χ2v) is 8.05. The second-order valence-electron chi connectivity index (χ2n) is 7.20. The third-order valence-electron chi connectivity index (χ3n) is 4.96. The minimum Gasteiger partial charge on any atom is -0.494 e. The number of benzene rings is 3. The Morgan fingerprint density at radius 3 is 2.60 bits per heavy atom. The lowest BCUT2D eigenvalue weighted by Crippen LogP contribution is -2.31. The van der Waals surface area contributed by atoms with Gasteiger partial charge in [0.2, 0.25) is 6.79 Å². The molecule has 0 aliphatic carbocycles. The number of hydrogen-bond acceptors (Lipinski definition) is 7. The van der Waals surface area contributed by atoms with Crippen LogP contribution in [0.15, 0.2) is 70.8 Å². The number of carbonyl (C=O) groups is 2. The summed E-state index contributed by atoms with van der Waals surface area (Å²) in [4.78, 5) is 36.7. The third kappa shape index (κ3) is 5.41. The van der Waals surface area contributed by atoms with Crippen LogP contribution in [0.1, 0.15) is 15.9 Å². The highest BCUT2D eigenvalue weighted by molar-refractivity contribution is 9.10. The fraction of sp³-hybridized carbons (Fsp3) is 0.0833. The number of non-ortho nitro benzene ring substituents is 1. The Kier molecular flexibility index (Phi) is 6.97. The lowest BCUT2D eigenvalue weighted by Gasteiger charge is -2.14. The van der Waals surface area contributed by atoms with Crippen molar-refractivity contribution >= 4 is 45.2 Å². The Morgan fingerprint density at radius 2 is 1.86 bits per heavy atom. The maximum atomic E-state index is 13.2. The molecular formula is C24H18BrN3O7. The molecule has 3 aromatic rings. The average molecular weight is 540 g/mol. The molecule has 1 heterocycles. The van der Waals surface area contributed by atoms with Gasteiger partial charge in [0.05, 0.1) is 29.4 Å². The van der Waals surface area contributed by atoms with Gasteiger partial charge in [-0.1, -0.05) is 18.2 Å². The van der Waals surface area contributed by atoms with Crippen LogP contribution in [0.3, 0.4) is 0 Å². The van der Waals surface area contributed by atoms with Crippen LogP contribution < -0.4 is 24.8 Å². The van der Waals surface area contributed by atoms with E-state index in [4.69, 9.17) is 14.2 Å². The van der Waals surface area contributed by atoms with E-state index in [2.05, 4.69) is 26.6 Å². The number of hydrogen-bond donors (Lipinski definition) is 2. The largest absolute Gasteiger partial charge is 0.494 e. The quantitative estimate of drug-likeness (QED) is 0.257. The summed E-state index contributed by atoms with van der Waals surface area (Å²) >= 11 is 3.33. The molecule has 2 N–H and O–H groups in total. The predicted octanol–water partition coefficient (Wildman–Crippen LogP) is 4.50. The Bertz CT molecular complexity index is 1360. The molecule has 0 saturated carbocycles. The number of amides is 2. The molecule has 35 heavy (non-hydrogen) atoms. The van der Waals surface area contributed by atoms with Gasteiger partial charge in [0.25, 0.3) is 17.5 Å². The molecule has 0 atom stereocenters. The van der Waals surface area contributed by atoms with Crippen LogP contribution in [0.5, 0.6) is 17.2 Å². The number of carbonyl (C=O) groups excluding carboxylic acids is 2. The van der Waals surface area contributed by atoms with Crippen LogP contribution in [0.4, 0.5) is 11.4 Å². The van der Waals surface area contributed by atoms with Gasteiger partial charge < -0.3 is 24.8 Å². The van der Waals surface area contributed by atoms with Crippen molar-refractivity contribution in [2.75, 3.05) is 19.2 Å². The summed E-state index contributed by atoms with van der Waals surface area (Å²) in [6.07, 6.45) is 1.48. The first-order valence-electron chi connectivity index (χ1n) is 10.2. The van der Waals surface area contributed by atoms with Gasteiger partial charge in [-0.05, 0) is 57.9 Å². The summed E-state index contributed by atoms with van der Waals surface area (Å²) in [7, 11) is 1.33. The number of nitrogens with one attached hydrogen (secondary N) is 2. The molecule has 11 heteroatoms. The van der Waals surface area contributed by atoms with Gasteiger partial charge in [0.15, 0.2) is 11.5 Å². The van der Waals surface area contributed by atoms with E-state index in [1.165, 1.54) is 31.4 Å². The monoisotopic (exact) mass is 539 g/mol. The van der Waals surface area contributed by atoms with Crippen molar-refractivity contribution in [3.8, 4) is 17.2 Å². The van der Waals surface area contributed by atoms with Crippen LogP contribution in [-0.4, -0.2) is 30.6 Å². The van der Waals surface area contributed by atoms with Gasteiger partial charge in [0.1, 0.15) is 11.4 Å². The fourth-order valence-corrected chi connectivity index (χ4v) is 3.71. The smallest absolute Gasteiger partial charge is 0.273 e. The SMILES string of the molecule is COc1cc([N+](=O)[O-])ccc1NC(=O)/C(=C\c1ccc2c(c1)OCO2)NC(=O)c1ccccc1Br. The second kappa shape index (κ2) is 10.3. The van der Waals surface area contributed by atoms with E-state index < -0.39 is 16.7 Å². The molecule has 10 nitrogen and oxygen atoms in total. The van der Waals surface area contributed by atoms with E-state index in [0.29, 0.717) is 27.1 Å². The number of nitro benzene ring substituents is 1. The van der Waals surface area contributed by atoms with Crippen molar-refractivity contribution in [1.29, 1.82) is 0 Å². The van der Waals surface area contributed by atoms with Gasteiger partial charge in [-0.15, -0.1) is 0 Å². The van der Waals surface area contributed by atoms with E-state index in [-0.39, 0.29) is 29.6 Å². The van der Waals surface area contributed by atoms with Crippen molar-refractivity contribution in [2.45, 2.75) is 0 Å². The molecule has 0 radical (unpaired) electrons. The van der Waals surface area contributed by atoms with Crippen molar-refractivity contribution < 1.29 is 28.7 Å². The minimum atomic E-state index is -0.671. The van der Waals surface area contributed by atoms with Crippen LogP contribution in [0.25, 0.3) is 6.08 Å². The summed E-state index contributed by atoms with van der Waals surface area (Å²) < 4.78 is 16.4. The molecule has 0 saturated heterocycles. The van der Waals surface area contributed by atoms with E-state index in [1.54, 1.807) is 42.5 Å². The van der Waals surface area contributed by atoms with Crippen LogP contribution >= 0.6 is 15.9 Å². The molecule has 1 aliphatic rings. The normalized spacial score (nSPS) is 12.1. The molecule has 3 aromatic carbocycles. The number of nitrogens with zero attached hydrogens (tertiary/aromatic N) is 1. The molecule has 0 aromatic heterocycles. The Hall–Kier alpha value is -4.38. The van der Waals surface area contributed by atoms with E-state index >= 15 is 0 Å². The maximum absolute atomic E-state index is 13.2. The Labute approximate surface area is 207 Å². The number of methoxy groups -OCH3 is 1. The number of nitro groups is 1. The highest BCUT2D eigenvalue weighted by atomic mass is 79.9. The highest BCUT2D eigenvalue weighted by Gasteiger charge is 2.20. The molecule has 178 valence electrons. The predicted molar refractivity (Wildman–Crippen MR) is 130 cm³/mol. The maximum Gasteiger partial charge on any atom is 0.273 e. The number of ether oxygens (including phenoxy) is 3. The van der Waals surface area contributed by atoms with Crippen LogP contribution in [0.2, 0.25) is 0 Å². The first-order chi connectivity index (χ1) is 16.9. The summed E-state index contributed by atoms with van der Waals surface area (Å²) in [5.74, 6) is -0.0219. The number of halogens is 1. The minimum absolute atomic E-state index is 0.0787. The van der Waals surface area contributed by atoms with Gasteiger partial charge in [-0.3, -0.25) is 19.7 Å². The molecule has 0 unspecified atom stereocenters. The zero-order chi connectivity index (χ0) is 24.9. The number of rotatable bonds is 7. The number of fused-ring (bicyclic) bond motifs is 1.